The van der Waals surface area contributed by atoms with Crippen LogP contribution in [0.25, 0.3) is 11.4 Å². The topological polar surface area (TPSA) is 122 Å². The van der Waals surface area contributed by atoms with Gasteiger partial charge in [0.25, 0.3) is 0 Å². The number of hydrogen-bond donors (Lipinski definition) is 3. The molecule has 0 bridgehead atoms. The minimum absolute atomic E-state index is 0.174. The predicted octanol–water partition coefficient (Wildman–Crippen LogP) is 3.19. The predicted molar refractivity (Wildman–Crippen MR) is 134 cm³/mol. The molecule has 1 fully saturated rings. The van der Waals surface area contributed by atoms with E-state index in [0.29, 0.717) is 23.1 Å². The normalized spacial score (nSPS) is 20.3. The van der Waals surface area contributed by atoms with Crippen LogP contribution in [-0.2, 0) is 13.0 Å². The second kappa shape index (κ2) is 8.93. The third kappa shape index (κ3) is 4.04. The molecular weight excluding hydrogens is 424 g/mol. The van der Waals surface area contributed by atoms with E-state index in [1.54, 1.807) is 10.7 Å². The Hall–Kier alpha value is -3.67. The van der Waals surface area contributed by atoms with Crippen molar-refractivity contribution in [2.24, 2.45) is 0 Å². The van der Waals surface area contributed by atoms with Crippen LogP contribution in [0.2, 0.25) is 0 Å². The quantitative estimate of drug-likeness (QED) is 0.506. The van der Waals surface area contributed by atoms with E-state index in [0.717, 1.165) is 50.1 Å². The first-order chi connectivity index (χ1) is 16.5. The van der Waals surface area contributed by atoms with Crippen molar-refractivity contribution in [3.05, 3.63) is 71.2 Å². The van der Waals surface area contributed by atoms with E-state index in [1.165, 1.54) is 28.5 Å². The molecular formula is C26H30N8. The number of aromatic nitrogens is 3. The van der Waals surface area contributed by atoms with Crippen molar-refractivity contribution in [1.29, 1.82) is 5.26 Å². The third-order valence-electron chi connectivity index (χ3n) is 6.99. The SMILES string of the molecule is C=C1CCc2c1ccc(C1CN(Cc3cnn(-c4cc(N)c(C#N)cn4)c3)CC(CC)N1)c2N. The van der Waals surface area contributed by atoms with Crippen molar-refractivity contribution in [2.45, 2.75) is 44.8 Å². The maximum Gasteiger partial charge on any atom is 0.155 e. The van der Waals surface area contributed by atoms with Crippen molar-refractivity contribution in [3.63, 3.8) is 0 Å². The maximum absolute atomic E-state index is 9.07. The minimum Gasteiger partial charge on any atom is -0.398 e. The minimum atomic E-state index is 0.174. The van der Waals surface area contributed by atoms with Crippen molar-refractivity contribution >= 4 is 16.9 Å². The van der Waals surface area contributed by atoms with Crippen molar-refractivity contribution in [1.82, 2.24) is 25.0 Å². The largest absolute Gasteiger partial charge is 0.398 e. The molecule has 2 aromatic heterocycles. The molecule has 2 aliphatic rings. The second-order valence-electron chi connectivity index (χ2n) is 9.25. The monoisotopic (exact) mass is 454 g/mol. The summed E-state index contributed by atoms with van der Waals surface area (Å²) in [4.78, 5) is 6.78. The Morgan fingerprint density at radius 3 is 2.85 bits per heavy atom. The Kier molecular flexibility index (Phi) is 5.82. The Morgan fingerprint density at radius 2 is 2.09 bits per heavy atom. The van der Waals surface area contributed by atoms with Gasteiger partial charge in [-0.05, 0) is 41.5 Å². The Labute approximate surface area is 199 Å². The Balaban J connectivity index is 1.35. The van der Waals surface area contributed by atoms with E-state index < -0.39 is 0 Å². The van der Waals surface area contributed by atoms with Crippen LogP contribution in [-0.4, -0.2) is 38.8 Å². The number of benzene rings is 1. The molecule has 1 aromatic carbocycles. The molecule has 8 nitrogen and oxygen atoms in total. The summed E-state index contributed by atoms with van der Waals surface area (Å²) < 4.78 is 1.70. The smallest absolute Gasteiger partial charge is 0.155 e. The lowest BCUT2D eigenvalue weighted by molar-refractivity contribution is 0.151. The maximum atomic E-state index is 9.07. The molecule has 1 aliphatic carbocycles. The highest BCUT2D eigenvalue weighted by atomic mass is 15.3. The first-order valence-electron chi connectivity index (χ1n) is 11.7. The van der Waals surface area contributed by atoms with Crippen molar-refractivity contribution < 1.29 is 0 Å². The van der Waals surface area contributed by atoms with Gasteiger partial charge in [0.05, 0.1) is 17.4 Å². The average Bonchev–Trinajstić information content (AvgIpc) is 3.46. The van der Waals surface area contributed by atoms with Crippen LogP contribution in [0.4, 0.5) is 11.4 Å². The number of nitrogen functional groups attached to an aromatic ring is 2. The van der Waals surface area contributed by atoms with Gasteiger partial charge in [0, 0.05) is 61.4 Å². The van der Waals surface area contributed by atoms with E-state index in [9.17, 15) is 0 Å². The number of nitriles is 1. The van der Waals surface area contributed by atoms with E-state index >= 15 is 0 Å². The van der Waals surface area contributed by atoms with Crippen LogP contribution in [0.15, 0.2) is 43.4 Å². The number of pyridine rings is 1. The van der Waals surface area contributed by atoms with Gasteiger partial charge in [-0.25, -0.2) is 9.67 Å². The van der Waals surface area contributed by atoms with Gasteiger partial charge < -0.3 is 16.8 Å². The third-order valence-corrected chi connectivity index (χ3v) is 6.99. The lowest BCUT2D eigenvalue weighted by Gasteiger charge is -2.39. The summed E-state index contributed by atoms with van der Waals surface area (Å²) >= 11 is 0. The van der Waals surface area contributed by atoms with Crippen LogP contribution < -0.4 is 16.8 Å². The van der Waals surface area contributed by atoms with Crippen LogP contribution in [0.3, 0.4) is 0 Å². The first kappa shape index (κ1) is 22.1. The van der Waals surface area contributed by atoms with Gasteiger partial charge in [-0.1, -0.05) is 25.6 Å². The van der Waals surface area contributed by atoms with E-state index in [-0.39, 0.29) is 6.04 Å². The molecule has 5 N–H and O–H groups in total. The summed E-state index contributed by atoms with van der Waals surface area (Å²) in [7, 11) is 0. The fourth-order valence-electron chi connectivity index (χ4n) is 5.10. The fourth-order valence-corrected chi connectivity index (χ4v) is 5.10. The van der Waals surface area contributed by atoms with Gasteiger partial charge in [-0.2, -0.15) is 10.4 Å². The molecule has 0 saturated carbocycles. The van der Waals surface area contributed by atoms with Gasteiger partial charge in [-0.15, -0.1) is 0 Å². The van der Waals surface area contributed by atoms with Gasteiger partial charge in [0.1, 0.15) is 6.07 Å². The summed E-state index contributed by atoms with van der Waals surface area (Å²) in [6.07, 6.45) is 8.34. The lowest BCUT2D eigenvalue weighted by atomic mass is 9.94. The number of nitrogens with zero attached hydrogens (tertiary/aromatic N) is 5. The molecule has 3 aromatic rings. The number of nitrogens with one attached hydrogen (secondary N) is 1. The summed E-state index contributed by atoms with van der Waals surface area (Å²) in [5, 5.41) is 17.4. The number of piperazine rings is 1. The summed E-state index contributed by atoms with van der Waals surface area (Å²) in [5.74, 6) is 0.597. The molecule has 0 amide bonds. The standard InChI is InChI=1S/C26H30N8/c1-3-19-14-33(12-17-10-31-34(13-17)25-8-23(28)18(9-27)11-30-25)15-24(32-19)22-7-6-20-16(2)4-5-21(20)26(22)29/h6-8,10-11,13,19,24,32H,2-5,12,14-15,29H2,1H3,(H2,28,30). The fraction of sp³-hybridized carbons (Fsp3) is 0.346. The summed E-state index contributed by atoms with van der Waals surface area (Å²) in [6.45, 7) is 9.01. The number of hydrogen-bond acceptors (Lipinski definition) is 7. The zero-order valence-corrected chi connectivity index (χ0v) is 19.5. The molecule has 174 valence electrons. The molecule has 2 atom stereocenters. The molecule has 5 rings (SSSR count). The number of rotatable bonds is 5. The summed E-state index contributed by atoms with van der Waals surface area (Å²) in [6, 6.07) is 8.64. The molecule has 0 radical (unpaired) electrons. The van der Waals surface area contributed by atoms with Gasteiger partial charge in [0.2, 0.25) is 0 Å². The average molecular weight is 455 g/mol. The van der Waals surface area contributed by atoms with Crippen LogP contribution in [0.5, 0.6) is 0 Å². The van der Waals surface area contributed by atoms with E-state index in [2.05, 4.69) is 45.9 Å². The molecule has 1 saturated heterocycles. The van der Waals surface area contributed by atoms with E-state index in [1.807, 2.05) is 18.5 Å². The zero-order chi connectivity index (χ0) is 23.8. The highest BCUT2D eigenvalue weighted by molar-refractivity contribution is 5.77. The second-order valence-corrected chi connectivity index (χ2v) is 9.25. The molecule has 2 unspecified atom stereocenters. The Morgan fingerprint density at radius 1 is 1.24 bits per heavy atom. The van der Waals surface area contributed by atoms with E-state index in [4.69, 9.17) is 16.7 Å². The van der Waals surface area contributed by atoms with Gasteiger partial charge >= 0.3 is 0 Å². The number of anilines is 2. The number of nitrogens with two attached hydrogens (primary N) is 2. The van der Waals surface area contributed by atoms with Gasteiger partial charge in [-0.3, -0.25) is 4.90 Å². The number of allylic oxidation sites excluding steroid dienone is 1. The van der Waals surface area contributed by atoms with Crippen LogP contribution in [0, 0.1) is 11.3 Å². The van der Waals surface area contributed by atoms with Crippen LogP contribution >= 0.6 is 0 Å². The van der Waals surface area contributed by atoms with Crippen molar-refractivity contribution in [3.8, 4) is 11.9 Å². The molecule has 8 heteroatoms. The molecule has 1 aliphatic heterocycles. The highest BCUT2D eigenvalue weighted by Crippen LogP contribution is 2.38. The molecule has 0 spiro atoms. The van der Waals surface area contributed by atoms with Crippen LogP contribution in [0.1, 0.15) is 53.6 Å². The lowest BCUT2D eigenvalue weighted by Crippen LogP contribution is -2.51. The first-order valence-corrected chi connectivity index (χ1v) is 11.7. The van der Waals surface area contributed by atoms with Gasteiger partial charge in [0.15, 0.2) is 5.82 Å². The number of fused-ring (bicyclic) bond motifs is 1. The Bertz CT molecular complexity index is 1280. The highest BCUT2D eigenvalue weighted by Gasteiger charge is 2.30. The van der Waals surface area contributed by atoms with Crippen molar-refractivity contribution in [2.75, 3.05) is 24.6 Å². The zero-order valence-electron chi connectivity index (χ0n) is 19.5. The molecule has 34 heavy (non-hydrogen) atoms. The molecule has 3 heterocycles. The summed E-state index contributed by atoms with van der Waals surface area (Å²) in [5.41, 5.74) is 20.2.